The lowest BCUT2D eigenvalue weighted by Gasteiger charge is -2.21. The van der Waals surface area contributed by atoms with Crippen molar-refractivity contribution in [3.63, 3.8) is 0 Å². The molecule has 5 nitrogen and oxygen atoms in total. The fraction of sp³-hybridized carbons (Fsp3) is 0.214. The van der Waals surface area contributed by atoms with E-state index >= 15 is 0 Å². The number of amidine groups is 1. The summed E-state index contributed by atoms with van der Waals surface area (Å²) in [6.07, 6.45) is 4.31. The molecule has 0 saturated heterocycles. The van der Waals surface area contributed by atoms with Gasteiger partial charge in [-0.05, 0) is 24.1 Å². The zero-order chi connectivity index (χ0) is 13.2. The van der Waals surface area contributed by atoms with E-state index in [4.69, 9.17) is 5.73 Å². The van der Waals surface area contributed by atoms with Crippen LogP contribution in [-0.4, -0.2) is 15.8 Å². The zero-order valence-electron chi connectivity index (χ0n) is 10.7. The number of hydrogen-bond acceptors (Lipinski definition) is 5. The van der Waals surface area contributed by atoms with Crippen molar-refractivity contribution in [2.24, 2.45) is 16.6 Å². The van der Waals surface area contributed by atoms with Gasteiger partial charge in [-0.1, -0.05) is 19.1 Å². The van der Waals surface area contributed by atoms with Gasteiger partial charge in [0.15, 0.2) is 0 Å². The molecule has 5 heteroatoms. The molecule has 1 aromatic carbocycles. The monoisotopic (exact) mass is 253 g/mol. The van der Waals surface area contributed by atoms with Gasteiger partial charge in [0.25, 0.3) is 0 Å². The van der Waals surface area contributed by atoms with Crippen LogP contribution in [0.5, 0.6) is 0 Å². The molecule has 1 aromatic heterocycles. The van der Waals surface area contributed by atoms with Crippen molar-refractivity contribution in [2.75, 3.05) is 5.32 Å². The van der Waals surface area contributed by atoms with Crippen LogP contribution in [0.4, 0.5) is 17.3 Å². The zero-order valence-corrected chi connectivity index (χ0v) is 10.7. The molecule has 0 amide bonds. The average Bonchev–Trinajstić information content (AvgIpc) is 2.42. The van der Waals surface area contributed by atoms with Crippen LogP contribution in [-0.2, 0) is 6.42 Å². The van der Waals surface area contributed by atoms with Gasteiger partial charge in [0.1, 0.15) is 5.84 Å². The van der Waals surface area contributed by atoms with Crippen LogP contribution >= 0.6 is 0 Å². The van der Waals surface area contributed by atoms with Crippen LogP contribution < -0.4 is 11.1 Å². The number of nitrogens with zero attached hydrogens (tertiary/aromatic N) is 3. The van der Waals surface area contributed by atoms with Crippen LogP contribution in [0, 0.1) is 5.92 Å². The molecular weight excluding hydrogens is 238 g/mol. The topological polar surface area (TPSA) is 76.2 Å². The molecule has 0 spiro atoms. The summed E-state index contributed by atoms with van der Waals surface area (Å²) in [4.78, 5) is 12.8. The molecule has 1 aliphatic rings. The minimum atomic E-state index is 0.288. The molecule has 2 heterocycles. The van der Waals surface area contributed by atoms with Gasteiger partial charge in [-0.25, -0.2) is 15.0 Å². The molecule has 0 radical (unpaired) electrons. The number of hydrogen-bond donors (Lipinski definition) is 2. The predicted molar refractivity (Wildman–Crippen MR) is 75.9 cm³/mol. The first kappa shape index (κ1) is 11.6. The predicted octanol–water partition coefficient (Wildman–Crippen LogP) is 2.40. The summed E-state index contributed by atoms with van der Waals surface area (Å²) >= 11 is 0. The highest BCUT2D eigenvalue weighted by atomic mass is 15.1. The Bertz CT molecular complexity index is 621. The number of aromatic nitrogens is 2. The largest absolute Gasteiger partial charge is 0.387 e. The van der Waals surface area contributed by atoms with Crippen molar-refractivity contribution < 1.29 is 0 Å². The van der Waals surface area contributed by atoms with E-state index in [0.717, 1.165) is 17.8 Å². The Morgan fingerprint density at radius 3 is 2.79 bits per heavy atom. The van der Waals surface area contributed by atoms with Crippen molar-refractivity contribution in [1.29, 1.82) is 0 Å². The minimum Gasteiger partial charge on any atom is -0.387 e. The van der Waals surface area contributed by atoms with Crippen LogP contribution in [0.15, 0.2) is 41.7 Å². The smallest absolute Gasteiger partial charge is 0.227 e. The Kier molecular flexibility index (Phi) is 2.87. The van der Waals surface area contributed by atoms with Crippen molar-refractivity contribution in [1.82, 2.24) is 9.97 Å². The number of nitrogens with one attached hydrogen (secondary N) is 1. The Hall–Kier alpha value is -2.43. The van der Waals surface area contributed by atoms with E-state index in [-0.39, 0.29) is 5.92 Å². The maximum absolute atomic E-state index is 5.95. The summed E-state index contributed by atoms with van der Waals surface area (Å²) in [5, 5.41) is 3.18. The van der Waals surface area contributed by atoms with E-state index in [1.165, 1.54) is 5.56 Å². The molecule has 3 N–H and O–H groups in total. The van der Waals surface area contributed by atoms with E-state index in [9.17, 15) is 0 Å². The van der Waals surface area contributed by atoms with Gasteiger partial charge in [0.05, 0.1) is 11.4 Å². The van der Waals surface area contributed by atoms with Crippen molar-refractivity contribution in [3.05, 3.63) is 42.2 Å². The summed E-state index contributed by atoms with van der Waals surface area (Å²) in [5.74, 6) is 1.52. The molecule has 0 fully saturated rings. The summed E-state index contributed by atoms with van der Waals surface area (Å²) in [7, 11) is 0. The fourth-order valence-corrected chi connectivity index (χ4v) is 2.15. The summed E-state index contributed by atoms with van der Waals surface area (Å²) in [5.41, 5.74) is 8.92. The quantitative estimate of drug-likeness (QED) is 0.861. The second-order valence-corrected chi connectivity index (χ2v) is 4.65. The number of anilines is 2. The summed E-state index contributed by atoms with van der Waals surface area (Å²) < 4.78 is 0. The molecule has 0 bridgehead atoms. The van der Waals surface area contributed by atoms with Crippen molar-refractivity contribution >= 4 is 23.2 Å². The lowest BCUT2D eigenvalue weighted by Crippen LogP contribution is -2.25. The third-order valence-corrected chi connectivity index (χ3v) is 3.20. The lowest BCUT2D eigenvalue weighted by atomic mass is 9.95. The Balaban J connectivity index is 1.99. The lowest BCUT2D eigenvalue weighted by molar-refractivity contribution is 0.746. The number of rotatable bonds is 2. The van der Waals surface area contributed by atoms with E-state index in [1.54, 1.807) is 18.5 Å². The fourth-order valence-electron chi connectivity index (χ4n) is 2.15. The second kappa shape index (κ2) is 4.68. The van der Waals surface area contributed by atoms with Gasteiger partial charge in [-0.2, -0.15) is 0 Å². The van der Waals surface area contributed by atoms with Crippen LogP contribution in [0.2, 0.25) is 0 Å². The number of benzene rings is 1. The number of para-hydroxylation sites is 1. The molecule has 2 aromatic rings. The van der Waals surface area contributed by atoms with Crippen molar-refractivity contribution in [2.45, 2.75) is 13.3 Å². The van der Waals surface area contributed by atoms with E-state index in [0.29, 0.717) is 11.8 Å². The molecule has 1 atom stereocenters. The van der Waals surface area contributed by atoms with Gasteiger partial charge in [0, 0.05) is 18.3 Å². The number of nitrogens with two attached hydrogens (primary N) is 1. The maximum atomic E-state index is 5.95. The first-order chi connectivity index (χ1) is 9.24. The molecule has 0 saturated carbocycles. The molecule has 3 rings (SSSR count). The first-order valence-electron chi connectivity index (χ1n) is 6.24. The van der Waals surface area contributed by atoms with E-state index in [2.05, 4.69) is 33.3 Å². The summed E-state index contributed by atoms with van der Waals surface area (Å²) in [6, 6.07) is 7.83. The molecular formula is C14H15N5. The molecule has 96 valence electrons. The standard InChI is InChI=1S/C14H15N5/c1-9-8-10-4-2-5-11(12(10)19-13(9)15)18-14-16-6-3-7-17-14/h2-7,9H,8H2,1H3,(H2,15,19)(H,16,17,18). The van der Waals surface area contributed by atoms with Gasteiger partial charge in [-0.3, -0.25) is 0 Å². The van der Waals surface area contributed by atoms with Gasteiger partial charge < -0.3 is 11.1 Å². The van der Waals surface area contributed by atoms with Gasteiger partial charge in [-0.15, -0.1) is 0 Å². The Morgan fingerprint density at radius 1 is 1.21 bits per heavy atom. The Morgan fingerprint density at radius 2 is 2.00 bits per heavy atom. The summed E-state index contributed by atoms with van der Waals surface area (Å²) in [6.45, 7) is 2.09. The Labute approximate surface area is 111 Å². The second-order valence-electron chi connectivity index (χ2n) is 4.65. The highest BCUT2D eigenvalue weighted by Gasteiger charge is 2.19. The normalized spacial score (nSPS) is 17.5. The highest BCUT2D eigenvalue weighted by Crippen LogP contribution is 2.35. The van der Waals surface area contributed by atoms with Crippen LogP contribution in [0.25, 0.3) is 0 Å². The van der Waals surface area contributed by atoms with E-state index < -0.39 is 0 Å². The van der Waals surface area contributed by atoms with Gasteiger partial charge in [0.2, 0.25) is 5.95 Å². The minimum absolute atomic E-state index is 0.288. The first-order valence-corrected chi connectivity index (χ1v) is 6.24. The molecule has 1 aliphatic heterocycles. The van der Waals surface area contributed by atoms with Crippen LogP contribution in [0.1, 0.15) is 12.5 Å². The third-order valence-electron chi connectivity index (χ3n) is 3.20. The molecule has 0 aliphatic carbocycles. The van der Waals surface area contributed by atoms with Gasteiger partial charge >= 0.3 is 0 Å². The average molecular weight is 253 g/mol. The SMILES string of the molecule is CC1Cc2cccc(Nc3ncccn3)c2N=C1N. The number of aliphatic imine (C=N–C) groups is 1. The van der Waals surface area contributed by atoms with Crippen molar-refractivity contribution in [3.8, 4) is 0 Å². The highest BCUT2D eigenvalue weighted by molar-refractivity contribution is 5.91. The molecule has 1 unspecified atom stereocenters. The van der Waals surface area contributed by atoms with E-state index in [1.807, 2.05) is 12.1 Å². The van der Waals surface area contributed by atoms with Crippen LogP contribution in [0.3, 0.4) is 0 Å². The number of fused-ring (bicyclic) bond motifs is 1. The maximum Gasteiger partial charge on any atom is 0.227 e. The molecule has 19 heavy (non-hydrogen) atoms. The third kappa shape index (κ3) is 2.27.